The predicted octanol–water partition coefficient (Wildman–Crippen LogP) is 10.9. The first-order valence-corrected chi connectivity index (χ1v) is 16.6. The molecule has 5 nitrogen and oxygen atoms in total. The van der Waals surface area contributed by atoms with Gasteiger partial charge in [0.15, 0.2) is 0 Å². The molecule has 0 bridgehead atoms. The van der Waals surface area contributed by atoms with Crippen molar-refractivity contribution in [2.45, 2.75) is 0 Å². The third kappa shape index (κ3) is 3.70. The lowest BCUT2D eigenvalue weighted by Crippen LogP contribution is -2.03. The fourth-order valence-electron chi connectivity index (χ4n) is 7.91. The summed E-state index contributed by atoms with van der Waals surface area (Å²) in [5, 5.41) is 7.06. The number of hydrogen-bond donors (Lipinski definition) is 0. The van der Waals surface area contributed by atoms with Gasteiger partial charge in [-0.05, 0) is 59.3 Å². The van der Waals surface area contributed by atoms with Crippen LogP contribution in [0.4, 0.5) is 0 Å². The topological polar surface area (TPSA) is 40.0 Å². The maximum Gasteiger partial charge on any atom is 0.237 e. The normalized spacial score (nSPS) is 12.1. The molecule has 0 atom stereocenters. The molecule has 0 fully saturated rings. The van der Waals surface area contributed by atoms with Gasteiger partial charge in [-0.15, -0.1) is 0 Å². The van der Waals surface area contributed by atoms with Gasteiger partial charge < -0.3 is 4.57 Å². The number of aromatic nitrogens is 5. The van der Waals surface area contributed by atoms with Gasteiger partial charge in [0, 0.05) is 32.8 Å². The highest BCUT2D eigenvalue weighted by molar-refractivity contribution is 6.10. The third-order valence-electron chi connectivity index (χ3n) is 10.0. The van der Waals surface area contributed by atoms with Gasteiger partial charge in [-0.25, -0.2) is 9.97 Å². The molecule has 49 heavy (non-hydrogen) atoms. The molecule has 0 aliphatic rings. The van der Waals surface area contributed by atoms with Crippen molar-refractivity contribution in [1.29, 1.82) is 0 Å². The van der Waals surface area contributed by atoms with Crippen LogP contribution < -0.4 is 0 Å². The molecule has 228 valence electrons. The molecule has 0 amide bonds. The van der Waals surface area contributed by atoms with Crippen LogP contribution in [-0.4, -0.2) is 23.5 Å². The first kappa shape index (κ1) is 26.4. The van der Waals surface area contributed by atoms with Crippen LogP contribution in [0.3, 0.4) is 0 Å². The van der Waals surface area contributed by atoms with Crippen molar-refractivity contribution in [1.82, 2.24) is 23.5 Å². The summed E-state index contributed by atoms with van der Waals surface area (Å²) in [5.74, 6) is 0.647. The Balaban J connectivity index is 1.24. The first-order chi connectivity index (χ1) is 24.3. The molecule has 0 spiro atoms. The maximum absolute atomic E-state index is 5.42. The molecular weight excluding hydrogens is 599 g/mol. The highest BCUT2D eigenvalue weighted by Gasteiger charge is 2.21. The third-order valence-corrected chi connectivity index (χ3v) is 10.0. The lowest BCUT2D eigenvalue weighted by atomic mass is 9.99. The molecule has 4 aromatic heterocycles. The largest absolute Gasteiger partial charge is 0.309 e. The number of fused-ring (bicyclic) bond motifs is 10. The highest BCUT2D eigenvalue weighted by atomic mass is 15.2. The second-order valence-electron chi connectivity index (χ2n) is 12.7. The number of nitrogens with zero attached hydrogens (tertiary/aromatic N) is 5. The average Bonchev–Trinajstić information content (AvgIpc) is 3.81. The molecule has 0 aliphatic heterocycles. The molecule has 0 radical (unpaired) electrons. The average molecular weight is 626 g/mol. The van der Waals surface area contributed by atoms with Crippen LogP contribution in [0.25, 0.3) is 94.0 Å². The summed E-state index contributed by atoms with van der Waals surface area (Å²) in [6.45, 7) is 0. The van der Waals surface area contributed by atoms with E-state index in [1.54, 1.807) is 0 Å². The summed E-state index contributed by atoms with van der Waals surface area (Å²) in [6.07, 6.45) is 0. The number of hydrogen-bond acceptors (Lipinski definition) is 2. The second-order valence-corrected chi connectivity index (χ2v) is 12.7. The van der Waals surface area contributed by atoms with Gasteiger partial charge in [0.25, 0.3) is 0 Å². The summed E-state index contributed by atoms with van der Waals surface area (Å²) < 4.78 is 6.97. The van der Waals surface area contributed by atoms with Crippen LogP contribution in [0.15, 0.2) is 164 Å². The van der Waals surface area contributed by atoms with Gasteiger partial charge >= 0.3 is 0 Å². The molecule has 0 unspecified atom stereocenters. The van der Waals surface area contributed by atoms with Crippen molar-refractivity contribution in [2.24, 2.45) is 0 Å². The lowest BCUT2D eigenvalue weighted by molar-refractivity contribution is 1.00. The van der Waals surface area contributed by atoms with Crippen LogP contribution in [-0.2, 0) is 0 Å². The fraction of sp³-hybridized carbons (Fsp3) is 0. The Hall–Kier alpha value is -6.72. The summed E-state index contributed by atoms with van der Waals surface area (Å²) >= 11 is 0. The van der Waals surface area contributed by atoms with E-state index in [1.807, 2.05) is 0 Å². The minimum absolute atomic E-state index is 0.647. The Bertz CT molecular complexity index is 3060. The van der Waals surface area contributed by atoms with Crippen LogP contribution in [0, 0.1) is 0 Å². The van der Waals surface area contributed by atoms with Crippen molar-refractivity contribution < 1.29 is 0 Å². The van der Waals surface area contributed by atoms with Gasteiger partial charge in [0.1, 0.15) is 5.65 Å². The standard InChI is InChI=1S/C44H27N5/c1-3-15-31-28(12-1)14-11-19-34(31)43-35-18-4-7-20-36(35)45-44(46-43)49-40-25-24-30(27-41(40)48-37-21-8-2-13-29(37)26-42(48)49)47-38-22-9-5-16-32(38)33-17-6-10-23-39(33)47/h1-27H. The second kappa shape index (κ2) is 9.89. The zero-order valence-corrected chi connectivity index (χ0v) is 26.3. The Morgan fingerprint density at radius 2 is 1.02 bits per heavy atom. The van der Waals surface area contributed by atoms with E-state index in [0.29, 0.717) is 5.95 Å². The molecular formula is C44H27N5. The fourth-order valence-corrected chi connectivity index (χ4v) is 7.91. The molecule has 0 saturated carbocycles. The van der Waals surface area contributed by atoms with Gasteiger partial charge in [-0.3, -0.25) is 8.97 Å². The van der Waals surface area contributed by atoms with Crippen LogP contribution in [0.5, 0.6) is 0 Å². The van der Waals surface area contributed by atoms with Crippen molar-refractivity contribution in [3.05, 3.63) is 164 Å². The summed E-state index contributed by atoms with van der Waals surface area (Å²) in [7, 11) is 0. The first-order valence-electron chi connectivity index (χ1n) is 16.6. The number of benzene rings is 7. The lowest BCUT2D eigenvalue weighted by Gasteiger charge is -2.13. The van der Waals surface area contributed by atoms with Crippen LogP contribution in [0.2, 0.25) is 0 Å². The molecule has 0 aliphatic carbocycles. The zero-order chi connectivity index (χ0) is 32.1. The van der Waals surface area contributed by atoms with E-state index >= 15 is 0 Å². The summed E-state index contributed by atoms with van der Waals surface area (Å²) in [6, 6.07) is 58.3. The zero-order valence-electron chi connectivity index (χ0n) is 26.3. The molecule has 11 rings (SSSR count). The predicted molar refractivity (Wildman–Crippen MR) is 202 cm³/mol. The van der Waals surface area contributed by atoms with Crippen molar-refractivity contribution in [3.8, 4) is 22.9 Å². The Labute approximate surface area is 280 Å². The number of imidazole rings is 1. The SMILES string of the molecule is c1ccc2c(-c3nc(-n4c5ccc(-n6c7ccccc7c7ccccc76)cc5n5c6ccccc6cc45)nc4ccccc34)cccc2c1. The molecule has 5 heteroatoms. The maximum atomic E-state index is 5.42. The Morgan fingerprint density at radius 3 is 1.82 bits per heavy atom. The Kier molecular flexibility index (Phi) is 5.32. The number of rotatable bonds is 3. The summed E-state index contributed by atoms with van der Waals surface area (Å²) in [4.78, 5) is 10.7. The van der Waals surface area contributed by atoms with E-state index in [4.69, 9.17) is 9.97 Å². The summed E-state index contributed by atoms with van der Waals surface area (Å²) in [5.41, 5.74) is 10.7. The van der Waals surface area contributed by atoms with E-state index in [-0.39, 0.29) is 0 Å². The van der Waals surface area contributed by atoms with E-state index < -0.39 is 0 Å². The molecule has 11 aromatic rings. The minimum atomic E-state index is 0.647. The Morgan fingerprint density at radius 1 is 0.388 bits per heavy atom. The quantitative estimate of drug-likeness (QED) is 0.196. The van der Waals surface area contributed by atoms with Gasteiger partial charge in [-0.1, -0.05) is 115 Å². The monoisotopic (exact) mass is 625 g/mol. The minimum Gasteiger partial charge on any atom is -0.309 e. The van der Waals surface area contributed by atoms with Crippen molar-refractivity contribution in [3.63, 3.8) is 0 Å². The van der Waals surface area contributed by atoms with E-state index in [1.165, 1.54) is 38.0 Å². The van der Waals surface area contributed by atoms with E-state index in [0.717, 1.165) is 50.0 Å². The molecule has 0 N–H and O–H groups in total. The van der Waals surface area contributed by atoms with Crippen molar-refractivity contribution >= 4 is 71.1 Å². The molecule has 7 aromatic carbocycles. The molecule has 4 heterocycles. The van der Waals surface area contributed by atoms with E-state index in [9.17, 15) is 0 Å². The van der Waals surface area contributed by atoms with Crippen LogP contribution in [0.1, 0.15) is 0 Å². The van der Waals surface area contributed by atoms with Gasteiger partial charge in [0.2, 0.25) is 5.95 Å². The van der Waals surface area contributed by atoms with E-state index in [2.05, 4.69) is 177 Å². The smallest absolute Gasteiger partial charge is 0.237 e. The van der Waals surface area contributed by atoms with Crippen LogP contribution >= 0.6 is 0 Å². The van der Waals surface area contributed by atoms with Crippen molar-refractivity contribution in [2.75, 3.05) is 0 Å². The van der Waals surface area contributed by atoms with Gasteiger partial charge in [0.05, 0.1) is 38.8 Å². The number of para-hydroxylation sites is 4. The highest BCUT2D eigenvalue weighted by Crippen LogP contribution is 2.37. The van der Waals surface area contributed by atoms with Gasteiger partial charge in [-0.2, -0.15) is 0 Å². The molecule has 0 saturated heterocycles.